The van der Waals surface area contributed by atoms with E-state index in [1.54, 1.807) is 12.1 Å². The zero-order valence-electron chi connectivity index (χ0n) is 14.9. The number of hydrogen-bond acceptors (Lipinski definition) is 6. The Labute approximate surface area is 156 Å². The topological polar surface area (TPSA) is 90.7 Å². The number of nitrogens with zero attached hydrogens (tertiary/aromatic N) is 1. The van der Waals surface area contributed by atoms with Crippen molar-refractivity contribution in [1.82, 2.24) is 0 Å². The van der Waals surface area contributed by atoms with Crippen molar-refractivity contribution in [3.63, 3.8) is 0 Å². The summed E-state index contributed by atoms with van der Waals surface area (Å²) in [7, 11) is -0.951. The Kier molecular flexibility index (Phi) is 5.56. The molecule has 0 saturated carbocycles. The highest BCUT2D eigenvalue weighted by atomic mass is 31.2. The minimum absolute atomic E-state index is 0.0488. The number of fused-ring (bicyclic) bond motifs is 1. The first-order chi connectivity index (χ1) is 13.0. The van der Waals surface area contributed by atoms with Crippen LogP contribution < -0.4 is 5.32 Å². The molecule has 27 heavy (non-hydrogen) atoms. The van der Waals surface area contributed by atoms with Gasteiger partial charge in [0.25, 0.3) is 5.69 Å². The lowest BCUT2D eigenvalue weighted by Crippen LogP contribution is -2.14. The fourth-order valence-electron chi connectivity index (χ4n) is 2.91. The highest BCUT2D eigenvalue weighted by Gasteiger charge is 2.36. The van der Waals surface area contributed by atoms with Crippen LogP contribution in [-0.2, 0) is 13.6 Å². The van der Waals surface area contributed by atoms with Gasteiger partial charge in [-0.05, 0) is 29.1 Å². The molecule has 3 aromatic carbocycles. The maximum absolute atomic E-state index is 13.2. The second-order valence-electron chi connectivity index (χ2n) is 5.83. The molecule has 7 nitrogen and oxygen atoms in total. The summed E-state index contributed by atoms with van der Waals surface area (Å²) in [5.74, 6) is -0.834. The predicted octanol–water partition coefficient (Wildman–Crippen LogP) is 5.34. The van der Waals surface area contributed by atoms with Crippen LogP contribution in [0.5, 0.6) is 0 Å². The molecule has 0 unspecified atom stereocenters. The van der Waals surface area contributed by atoms with Gasteiger partial charge in [-0.3, -0.25) is 14.7 Å². The number of hydrogen-bond donors (Lipinski definition) is 1. The maximum atomic E-state index is 13.2. The van der Waals surface area contributed by atoms with Gasteiger partial charge in [-0.1, -0.05) is 36.4 Å². The van der Waals surface area contributed by atoms with E-state index in [-0.39, 0.29) is 5.69 Å². The Morgan fingerprint density at radius 1 is 0.963 bits per heavy atom. The third kappa shape index (κ3) is 3.85. The van der Waals surface area contributed by atoms with Crippen LogP contribution in [0.1, 0.15) is 11.3 Å². The monoisotopic (exact) mass is 386 g/mol. The van der Waals surface area contributed by atoms with Crippen molar-refractivity contribution in [1.29, 1.82) is 0 Å². The largest absolute Gasteiger partial charge is 0.367 e. The summed E-state index contributed by atoms with van der Waals surface area (Å²) >= 11 is 0. The van der Waals surface area contributed by atoms with Gasteiger partial charge in [0, 0.05) is 37.4 Å². The van der Waals surface area contributed by atoms with Gasteiger partial charge in [-0.2, -0.15) is 0 Å². The molecule has 0 aliphatic carbocycles. The summed E-state index contributed by atoms with van der Waals surface area (Å²) < 4.78 is 23.6. The van der Waals surface area contributed by atoms with Crippen molar-refractivity contribution in [3.05, 3.63) is 82.4 Å². The zero-order valence-corrected chi connectivity index (χ0v) is 15.8. The van der Waals surface area contributed by atoms with Gasteiger partial charge < -0.3 is 14.4 Å². The lowest BCUT2D eigenvalue weighted by molar-refractivity contribution is -0.384. The molecule has 140 valence electrons. The van der Waals surface area contributed by atoms with Gasteiger partial charge >= 0.3 is 7.60 Å². The Morgan fingerprint density at radius 2 is 1.59 bits per heavy atom. The smallest absolute Gasteiger partial charge is 0.356 e. The maximum Gasteiger partial charge on any atom is 0.356 e. The van der Waals surface area contributed by atoms with Gasteiger partial charge in [0.05, 0.1) is 4.92 Å². The van der Waals surface area contributed by atoms with Crippen LogP contribution in [0.15, 0.2) is 66.7 Å². The number of benzene rings is 3. The quantitative estimate of drug-likeness (QED) is 0.335. The molecule has 0 radical (unpaired) electrons. The van der Waals surface area contributed by atoms with Crippen molar-refractivity contribution < 1.29 is 18.5 Å². The van der Waals surface area contributed by atoms with Gasteiger partial charge in [-0.25, -0.2) is 0 Å². The first-order valence-corrected chi connectivity index (χ1v) is 9.79. The minimum atomic E-state index is -3.58. The normalized spacial score (nSPS) is 12.7. The average Bonchev–Trinajstić information content (AvgIpc) is 2.71. The number of rotatable bonds is 7. The predicted molar refractivity (Wildman–Crippen MR) is 105 cm³/mol. The second kappa shape index (κ2) is 7.88. The molecule has 1 atom stereocenters. The highest BCUT2D eigenvalue weighted by Crippen LogP contribution is 2.60. The third-order valence-electron chi connectivity index (χ3n) is 4.33. The molecule has 8 heteroatoms. The van der Waals surface area contributed by atoms with Crippen molar-refractivity contribution in [3.8, 4) is 0 Å². The van der Waals surface area contributed by atoms with Gasteiger partial charge in [0.15, 0.2) is 5.78 Å². The van der Waals surface area contributed by atoms with Crippen LogP contribution in [0.3, 0.4) is 0 Å². The summed E-state index contributed by atoms with van der Waals surface area (Å²) in [6, 6.07) is 19.4. The molecule has 0 amide bonds. The Morgan fingerprint density at radius 3 is 2.22 bits per heavy atom. The van der Waals surface area contributed by atoms with E-state index in [2.05, 4.69) is 5.32 Å². The van der Waals surface area contributed by atoms with Gasteiger partial charge in [0.1, 0.15) is 0 Å². The second-order valence-corrected chi connectivity index (χ2v) is 8.15. The van der Waals surface area contributed by atoms with Crippen LogP contribution in [0.4, 0.5) is 11.4 Å². The molecule has 0 bridgehead atoms. The van der Waals surface area contributed by atoms with Gasteiger partial charge in [0.2, 0.25) is 0 Å². The molecule has 0 saturated heterocycles. The Bertz CT molecular complexity index is 993. The van der Waals surface area contributed by atoms with E-state index in [9.17, 15) is 14.7 Å². The molecule has 0 fully saturated rings. The lowest BCUT2D eigenvalue weighted by Gasteiger charge is -2.27. The summed E-state index contributed by atoms with van der Waals surface area (Å²) in [6.45, 7) is 0. The van der Waals surface area contributed by atoms with Crippen molar-refractivity contribution in [2.45, 2.75) is 5.78 Å². The van der Waals surface area contributed by atoms with Crippen LogP contribution in [0, 0.1) is 10.1 Å². The summed E-state index contributed by atoms with van der Waals surface area (Å²) in [5, 5.41) is 16.1. The number of nitrogens with one attached hydrogen (secondary N) is 1. The van der Waals surface area contributed by atoms with Crippen LogP contribution in [0.2, 0.25) is 0 Å². The first-order valence-electron chi connectivity index (χ1n) is 8.18. The molecule has 0 spiro atoms. The molecular weight excluding hydrogens is 367 g/mol. The Balaban J connectivity index is 2.07. The van der Waals surface area contributed by atoms with E-state index in [1.165, 1.54) is 26.4 Å². The van der Waals surface area contributed by atoms with Crippen LogP contribution >= 0.6 is 7.60 Å². The molecule has 0 aliphatic rings. The number of non-ortho nitro benzene ring substituents is 1. The number of anilines is 1. The molecule has 3 aromatic rings. The first kappa shape index (κ1) is 19.0. The fourth-order valence-corrected chi connectivity index (χ4v) is 4.31. The van der Waals surface area contributed by atoms with E-state index >= 15 is 0 Å². The molecule has 0 aromatic heterocycles. The molecular formula is C19H19N2O5P. The standard InChI is InChI=1S/C19H19N2O5P/c1-25-27(24,26-2)19(15-10-12-16(13-11-15)21(22)23)20-18-9-5-7-14-6-3-4-8-17(14)18/h3-13,19-20H,1-2H3/t19-/m0/s1. The van der Waals surface area contributed by atoms with E-state index in [4.69, 9.17) is 9.05 Å². The average molecular weight is 386 g/mol. The number of nitro benzene ring substituents is 1. The Hall–Kier alpha value is -2.73. The van der Waals surface area contributed by atoms with E-state index < -0.39 is 18.3 Å². The summed E-state index contributed by atoms with van der Waals surface area (Å²) in [4.78, 5) is 10.4. The van der Waals surface area contributed by atoms with Crippen LogP contribution in [-0.4, -0.2) is 19.1 Å². The van der Waals surface area contributed by atoms with Crippen LogP contribution in [0.25, 0.3) is 10.8 Å². The highest BCUT2D eigenvalue weighted by molar-refractivity contribution is 7.54. The zero-order chi connectivity index (χ0) is 19.4. The van der Waals surface area contributed by atoms with Gasteiger partial charge in [-0.15, -0.1) is 0 Å². The third-order valence-corrected chi connectivity index (χ3v) is 6.40. The minimum Gasteiger partial charge on any atom is -0.367 e. The summed E-state index contributed by atoms with van der Waals surface area (Å²) in [6.07, 6.45) is 0. The van der Waals surface area contributed by atoms with E-state index in [0.717, 1.165) is 16.5 Å². The van der Waals surface area contributed by atoms with E-state index in [1.807, 2.05) is 42.5 Å². The summed E-state index contributed by atoms with van der Waals surface area (Å²) in [5.41, 5.74) is 1.26. The molecule has 0 heterocycles. The van der Waals surface area contributed by atoms with Crippen molar-refractivity contribution >= 4 is 29.7 Å². The SMILES string of the molecule is COP(=O)(OC)[C@H](Nc1cccc2ccccc12)c1ccc([N+](=O)[O-])cc1. The fraction of sp³-hybridized carbons (Fsp3) is 0.158. The van der Waals surface area contributed by atoms with Crippen molar-refractivity contribution in [2.24, 2.45) is 0 Å². The van der Waals surface area contributed by atoms with E-state index in [0.29, 0.717) is 5.56 Å². The molecule has 3 rings (SSSR count). The lowest BCUT2D eigenvalue weighted by atomic mass is 10.1. The van der Waals surface area contributed by atoms with Crippen molar-refractivity contribution in [2.75, 3.05) is 19.5 Å². The number of nitro groups is 1. The molecule has 0 aliphatic heterocycles. The molecule has 1 N–H and O–H groups in total.